The molecule has 0 spiro atoms. The minimum atomic E-state index is -0.0610. The van der Waals surface area contributed by atoms with E-state index in [-0.39, 0.29) is 18.2 Å². The maximum Gasteiger partial charge on any atom is 0.224 e. The van der Waals surface area contributed by atoms with Gasteiger partial charge >= 0.3 is 0 Å². The van der Waals surface area contributed by atoms with Gasteiger partial charge in [-0.05, 0) is 24.3 Å². The molecule has 0 saturated carbocycles. The molecule has 0 aliphatic rings. The Bertz CT molecular complexity index is 518. The fourth-order valence-electron chi connectivity index (χ4n) is 1.34. The van der Waals surface area contributed by atoms with E-state index < -0.39 is 0 Å². The van der Waals surface area contributed by atoms with E-state index in [0.29, 0.717) is 18.1 Å². The van der Waals surface area contributed by atoms with Crippen LogP contribution >= 0.6 is 12.4 Å². The highest BCUT2D eigenvalue weighted by Crippen LogP contribution is 2.14. The molecule has 0 atom stereocenters. The average Bonchev–Trinajstić information content (AvgIpc) is 2.38. The number of nitrogens with two attached hydrogens (primary N) is 1. The lowest BCUT2D eigenvalue weighted by Gasteiger charge is -2.08. The van der Waals surface area contributed by atoms with Crippen LogP contribution in [0.25, 0.3) is 0 Å². The summed E-state index contributed by atoms with van der Waals surface area (Å²) in [6, 6.07) is 8.99. The number of nitrogens with zero attached hydrogens (tertiary/aromatic N) is 2. The third-order valence-electron chi connectivity index (χ3n) is 2.14. The number of amidine groups is 1. The summed E-state index contributed by atoms with van der Waals surface area (Å²) in [6.07, 6.45) is 3.29. The van der Waals surface area contributed by atoms with Gasteiger partial charge in [0.25, 0.3) is 0 Å². The highest BCUT2D eigenvalue weighted by Gasteiger charge is 2.07. The lowest BCUT2D eigenvalue weighted by Crippen LogP contribution is -2.14. The number of hydrogen-bond acceptors (Lipinski definition) is 4. The van der Waals surface area contributed by atoms with Crippen LogP contribution in [0, 0.1) is 5.41 Å². The van der Waals surface area contributed by atoms with E-state index in [2.05, 4.69) is 9.97 Å². The molecule has 0 amide bonds. The number of halogens is 1. The molecule has 0 fully saturated rings. The molecule has 94 valence electrons. The SMILES string of the molecule is Cl.N=C(N)c1cccnc1OCc1ccccn1. The van der Waals surface area contributed by atoms with Crippen LogP contribution in [0.3, 0.4) is 0 Å². The maximum absolute atomic E-state index is 7.40. The van der Waals surface area contributed by atoms with E-state index in [9.17, 15) is 0 Å². The zero-order valence-electron chi connectivity index (χ0n) is 9.54. The molecule has 18 heavy (non-hydrogen) atoms. The summed E-state index contributed by atoms with van der Waals surface area (Å²) in [5, 5.41) is 7.40. The van der Waals surface area contributed by atoms with Crippen molar-refractivity contribution >= 4 is 18.2 Å². The van der Waals surface area contributed by atoms with Crippen molar-refractivity contribution in [3.63, 3.8) is 0 Å². The van der Waals surface area contributed by atoms with Gasteiger partial charge in [-0.2, -0.15) is 0 Å². The molecule has 6 heteroatoms. The summed E-state index contributed by atoms with van der Waals surface area (Å²) in [6.45, 7) is 0.304. The third kappa shape index (κ3) is 3.43. The van der Waals surface area contributed by atoms with Crippen LogP contribution in [-0.2, 0) is 6.61 Å². The van der Waals surface area contributed by atoms with E-state index >= 15 is 0 Å². The average molecular weight is 265 g/mol. The van der Waals surface area contributed by atoms with E-state index in [0.717, 1.165) is 5.69 Å². The Morgan fingerprint density at radius 3 is 2.61 bits per heavy atom. The van der Waals surface area contributed by atoms with Crippen molar-refractivity contribution in [1.82, 2.24) is 9.97 Å². The fraction of sp³-hybridized carbons (Fsp3) is 0.0833. The molecule has 2 rings (SSSR count). The van der Waals surface area contributed by atoms with Crippen molar-refractivity contribution in [3.05, 3.63) is 54.0 Å². The Labute approximate surface area is 111 Å². The number of ether oxygens (including phenoxy) is 1. The smallest absolute Gasteiger partial charge is 0.224 e. The minimum absolute atomic E-state index is 0. The molecule has 0 bridgehead atoms. The molecular weight excluding hydrogens is 252 g/mol. The molecule has 2 heterocycles. The number of nitrogen functional groups attached to an aromatic ring is 1. The van der Waals surface area contributed by atoms with Crippen LogP contribution in [0.5, 0.6) is 5.88 Å². The summed E-state index contributed by atoms with van der Waals surface area (Å²) >= 11 is 0. The maximum atomic E-state index is 7.40. The topological polar surface area (TPSA) is 84.9 Å². The van der Waals surface area contributed by atoms with Crippen molar-refractivity contribution in [2.75, 3.05) is 0 Å². The van der Waals surface area contributed by atoms with Gasteiger partial charge in [0.1, 0.15) is 12.4 Å². The largest absolute Gasteiger partial charge is 0.471 e. The Balaban J connectivity index is 0.00000162. The first-order valence-electron chi connectivity index (χ1n) is 5.09. The second-order valence-corrected chi connectivity index (χ2v) is 3.38. The van der Waals surface area contributed by atoms with Crippen LogP contribution in [0.1, 0.15) is 11.3 Å². The molecule has 0 radical (unpaired) electrons. The van der Waals surface area contributed by atoms with E-state index in [1.54, 1.807) is 24.5 Å². The molecule has 2 aromatic heterocycles. The van der Waals surface area contributed by atoms with Crippen molar-refractivity contribution < 1.29 is 4.74 Å². The van der Waals surface area contributed by atoms with E-state index in [1.807, 2.05) is 18.2 Å². The molecular formula is C12H13ClN4O. The first-order valence-corrected chi connectivity index (χ1v) is 5.09. The summed E-state index contributed by atoms with van der Waals surface area (Å²) in [5.74, 6) is 0.291. The number of nitrogens with one attached hydrogen (secondary N) is 1. The Morgan fingerprint density at radius 2 is 1.94 bits per heavy atom. The van der Waals surface area contributed by atoms with Crippen molar-refractivity contribution in [3.8, 4) is 5.88 Å². The molecule has 0 aromatic carbocycles. The second kappa shape index (κ2) is 6.56. The molecule has 3 N–H and O–H groups in total. The van der Waals surface area contributed by atoms with Gasteiger partial charge in [0.05, 0.1) is 11.3 Å². The standard InChI is InChI=1S/C12H12N4O.ClH/c13-11(14)10-5-3-7-16-12(10)17-8-9-4-1-2-6-15-9;/h1-7H,8H2,(H3,13,14);1H. The van der Waals surface area contributed by atoms with E-state index in [1.165, 1.54) is 0 Å². The van der Waals surface area contributed by atoms with Crippen LogP contribution in [0.2, 0.25) is 0 Å². The molecule has 0 aliphatic heterocycles. The Hall–Kier alpha value is -2.14. The highest BCUT2D eigenvalue weighted by atomic mass is 35.5. The summed E-state index contributed by atoms with van der Waals surface area (Å²) in [4.78, 5) is 8.17. The zero-order valence-corrected chi connectivity index (χ0v) is 10.4. The predicted molar refractivity (Wildman–Crippen MR) is 71.1 cm³/mol. The fourth-order valence-corrected chi connectivity index (χ4v) is 1.34. The third-order valence-corrected chi connectivity index (χ3v) is 2.14. The summed E-state index contributed by atoms with van der Waals surface area (Å²) in [7, 11) is 0. The molecule has 0 aliphatic carbocycles. The highest BCUT2D eigenvalue weighted by molar-refractivity contribution is 5.96. The van der Waals surface area contributed by atoms with Crippen LogP contribution < -0.4 is 10.5 Å². The Morgan fingerprint density at radius 1 is 1.17 bits per heavy atom. The molecule has 5 nitrogen and oxygen atoms in total. The monoisotopic (exact) mass is 264 g/mol. The van der Waals surface area contributed by atoms with Gasteiger partial charge < -0.3 is 10.5 Å². The van der Waals surface area contributed by atoms with Crippen molar-refractivity contribution in [2.45, 2.75) is 6.61 Å². The lowest BCUT2D eigenvalue weighted by atomic mass is 10.2. The number of rotatable bonds is 4. The first kappa shape index (κ1) is 13.9. The zero-order chi connectivity index (χ0) is 12.1. The first-order chi connectivity index (χ1) is 8.27. The van der Waals surface area contributed by atoms with Crippen LogP contribution in [-0.4, -0.2) is 15.8 Å². The number of hydrogen-bond donors (Lipinski definition) is 2. The van der Waals surface area contributed by atoms with Crippen molar-refractivity contribution in [1.29, 1.82) is 5.41 Å². The summed E-state index contributed by atoms with van der Waals surface area (Å²) < 4.78 is 5.49. The minimum Gasteiger partial charge on any atom is -0.471 e. The van der Waals surface area contributed by atoms with Gasteiger partial charge in [0.2, 0.25) is 5.88 Å². The molecule has 2 aromatic rings. The van der Waals surface area contributed by atoms with Gasteiger partial charge in [-0.15, -0.1) is 12.4 Å². The van der Waals surface area contributed by atoms with Crippen LogP contribution in [0.4, 0.5) is 0 Å². The van der Waals surface area contributed by atoms with Crippen molar-refractivity contribution in [2.24, 2.45) is 5.73 Å². The second-order valence-electron chi connectivity index (χ2n) is 3.38. The quantitative estimate of drug-likeness (QED) is 0.651. The van der Waals surface area contributed by atoms with Gasteiger partial charge in [0.15, 0.2) is 0 Å². The van der Waals surface area contributed by atoms with Gasteiger partial charge in [-0.25, -0.2) is 4.98 Å². The van der Waals surface area contributed by atoms with E-state index in [4.69, 9.17) is 15.9 Å². The Kier molecular flexibility index (Phi) is 5.07. The lowest BCUT2D eigenvalue weighted by molar-refractivity contribution is 0.288. The van der Waals surface area contributed by atoms with Gasteiger partial charge in [0, 0.05) is 12.4 Å². The molecule has 0 unspecified atom stereocenters. The number of aromatic nitrogens is 2. The molecule has 0 saturated heterocycles. The van der Waals surface area contributed by atoms with Gasteiger partial charge in [-0.1, -0.05) is 6.07 Å². The number of pyridine rings is 2. The normalized spacial score (nSPS) is 9.33. The summed E-state index contributed by atoms with van der Waals surface area (Å²) in [5.41, 5.74) is 6.72. The predicted octanol–water partition coefficient (Wildman–Crippen LogP) is 1.76. The van der Waals surface area contributed by atoms with Crippen LogP contribution in [0.15, 0.2) is 42.7 Å². The van der Waals surface area contributed by atoms with Gasteiger partial charge in [-0.3, -0.25) is 10.4 Å².